The Morgan fingerprint density at radius 1 is 1.20 bits per heavy atom. The minimum atomic E-state index is 0.707. The molecular formula is C12H8N2O. The Labute approximate surface area is 86.8 Å². The van der Waals surface area contributed by atoms with Crippen molar-refractivity contribution in [3.05, 3.63) is 47.3 Å². The van der Waals surface area contributed by atoms with Gasteiger partial charge in [0, 0.05) is 17.5 Å². The summed E-state index contributed by atoms with van der Waals surface area (Å²) in [5.41, 5.74) is 5.14. The molecule has 72 valence electrons. The minimum absolute atomic E-state index is 0.707. The van der Waals surface area contributed by atoms with Gasteiger partial charge in [-0.1, -0.05) is 12.1 Å². The monoisotopic (exact) mass is 196 g/mol. The molecule has 0 bridgehead atoms. The molecule has 1 heterocycles. The van der Waals surface area contributed by atoms with Gasteiger partial charge in [-0.3, -0.25) is 4.79 Å². The summed E-state index contributed by atoms with van der Waals surface area (Å²) in [6, 6.07) is 7.69. The molecule has 3 heteroatoms. The summed E-state index contributed by atoms with van der Waals surface area (Å²) < 4.78 is 0. The first-order valence-electron chi connectivity index (χ1n) is 4.77. The van der Waals surface area contributed by atoms with E-state index in [1.54, 1.807) is 6.20 Å². The highest BCUT2D eigenvalue weighted by atomic mass is 16.1. The van der Waals surface area contributed by atoms with Crippen LogP contribution in [0.4, 0.5) is 0 Å². The van der Waals surface area contributed by atoms with E-state index in [0.717, 1.165) is 29.5 Å². The lowest BCUT2D eigenvalue weighted by Crippen LogP contribution is -1.87. The van der Waals surface area contributed by atoms with Crippen LogP contribution in [0.1, 0.15) is 21.6 Å². The van der Waals surface area contributed by atoms with Crippen LogP contribution in [-0.2, 0) is 6.42 Å². The molecule has 0 unspecified atom stereocenters. The summed E-state index contributed by atoms with van der Waals surface area (Å²) in [6.07, 6.45) is 3.37. The van der Waals surface area contributed by atoms with E-state index >= 15 is 0 Å². The maximum absolute atomic E-state index is 10.7. The van der Waals surface area contributed by atoms with Crippen LogP contribution < -0.4 is 0 Å². The molecule has 0 N–H and O–H groups in total. The summed E-state index contributed by atoms with van der Waals surface area (Å²) in [4.78, 5) is 10.7. The smallest absolute Gasteiger partial charge is 0.150 e. The van der Waals surface area contributed by atoms with Gasteiger partial charge in [0.1, 0.15) is 6.29 Å². The van der Waals surface area contributed by atoms with E-state index in [1.165, 1.54) is 5.56 Å². The Morgan fingerprint density at radius 3 is 3.00 bits per heavy atom. The second-order valence-electron chi connectivity index (χ2n) is 3.60. The van der Waals surface area contributed by atoms with E-state index in [2.05, 4.69) is 10.2 Å². The van der Waals surface area contributed by atoms with E-state index in [9.17, 15) is 4.79 Å². The predicted molar refractivity (Wildman–Crippen MR) is 55.7 cm³/mol. The van der Waals surface area contributed by atoms with Gasteiger partial charge in [0.25, 0.3) is 0 Å². The summed E-state index contributed by atoms with van der Waals surface area (Å²) in [7, 11) is 0. The maximum atomic E-state index is 10.7. The molecule has 0 atom stereocenters. The first-order chi connectivity index (χ1) is 7.38. The lowest BCUT2D eigenvalue weighted by atomic mass is 10.0. The van der Waals surface area contributed by atoms with E-state index in [0.29, 0.717) is 5.56 Å². The molecule has 3 nitrogen and oxygen atoms in total. The third-order valence-corrected chi connectivity index (χ3v) is 2.72. The normalized spacial score (nSPS) is 12.0. The predicted octanol–water partition coefficient (Wildman–Crippen LogP) is 1.86. The van der Waals surface area contributed by atoms with E-state index in [4.69, 9.17) is 0 Å². The summed E-state index contributed by atoms with van der Waals surface area (Å²) in [5, 5.41) is 7.95. The number of carbonyl (C=O) groups excluding carboxylic acids is 1. The highest BCUT2D eigenvalue weighted by Gasteiger charge is 2.19. The van der Waals surface area contributed by atoms with E-state index in [1.807, 2.05) is 24.3 Å². The zero-order valence-corrected chi connectivity index (χ0v) is 7.97. The third kappa shape index (κ3) is 1.16. The molecule has 0 radical (unpaired) electrons. The minimum Gasteiger partial charge on any atom is -0.298 e. The Hall–Kier alpha value is -2.03. The first-order valence-corrected chi connectivity index (χ1v) is 4.77. The number of hydrogen-bond acceptors (Lipinski definition) is 3. The van der Waals surface area contributed by atoms with Crippen LogP contribution in [0.25, 0.3) is 11.1 Å². The van der Waals surface area contributed by atoms with Crippen molar-refractivity contribution in [1.29, 1.82) is 0 Å². The largest absolute Gasteiger partial charge is 0.298 e. The molecule has 15 heavy (non-hydrogen) atoms. The van der Waals surface area contributed by atoms with Gasteiger partial charge in [-0.05, 0) is 23.3 Å². The average molecular weight is 196 g/mol. The number of hydrogen-bond donors (Lipinski definition) is 0. The van der Waals surface area contributed by atoms with Crippen LogP contribution in [0.5, 0.6) is 0 Å². The molecule has 1 aliphatic rings. The zero-order chi connectivity index (χ0) is 10.3. The van der Waals surface area contributed by atoms with Crippen LogP contribution in [0.3, 0.4) is 0 Å². The lowest BCUT2D eigenvalue weighted by molar-refractivity contribution is 0.112. The Bertz CT molecular complexity index is 549. The number of aromatic nitrogens is 2. The topological polar surface area (TPSA) is 42.9 Å². The highest BCUT2D eigenvalue weighted by Crippen LogP contribution is 2.34. The number of rotatable bonds is 1. The van der Waals surface area contributed by atoms with Crippen LogP contribution in [0, 0.1) is 0 Å². The van der Waals surface area contributed by atoms with Crippen LogP contribution in [0.15, 0.2) is 30.5 Å². The van der Waals surface area contributed by atoms with E-state index in [-0.39, 0.29) is 0 Å². The van der Waals surface area contributed by atoms with Crippen molar-refractivity contribution in [1.82, 2.24) is 10.2 Å². The van der Waals surface area contributed by atoms with Crippen molar-refractivity contribution < 1.29 is 4.79 Å². The second-order valence-corrected chi connectivity index (χ2v) is 3.60. The van der Waals surface area contributed by atoms with Crippen molar-refractivity contribution in [2.45, 2.75) is 6.42 Å². The number of aldehydes is 1. The molecule has 1 aliphatic carbocycles. The first kappa shape index (κ1) is 8.29. The van der Waals surface area contributed by atoms with Gasteiger partial charge in [0.05, 0.1) is 11.9 Å². The van der Waals surface area contributed by atoms with Crippen molar-refractivity contribution in [3.8, 4) is 11.1 Å². The zero-order valence-electron chi connectivity index (χ0n) is 7.97. The molecule has 0 saturated carbocycles. The molecule has 1 aromatic heterocycles. The molecule has 2 aromatic rings. The lowest BCUT2D eigenvalue weighted by Gasteiger charge is -1.99. The fourth-order valence-corrected chi connectivity index (χ4v) is 1.99. The van der Waals surface area contributed by atoms with Gasteiger partial charge >= 0.3 is 0 Å². The molecule has 0 aliphatic heterocycles. The fourth-order valence-electron chi connectivity index (χ4n) is 1.99. The summed E-state index contributed by atoms with van der Waals surface area (Å²) in [5.74, 6) is 0. The van der Waals surface area contributed by atoms with E-state index < -0.39 is 0 Å². The van der Waals surface area contributed by atoms with Gasteiger partial charge in [-0.25, -0.2) is 0 Å². The van der Waals surface area contributed by atoms with Gasteiger partial charge in [0.2, 0.25) is 0 Å². The molecule has 1 aromatic carbocycles. The number of benzene rings is 1. The molecule has 0 saturated heterocycles. The van der Waals surface area contributed by atoms with Crippen LogP contribution in [-0.4, -0.2) is 16.5 Å². The molecular weight excluding hydrogens is 188 g/mol. The fraction of sp³-hybridized carbons (Fsp3) is 0.0833. The second kappa shape index (κ2) is 2.98. The maximum Gasteiger partial charge on any atom is 0.150 e. The van der Waals surface area contributed by atoms with Crippen molar-refractivity contribution in [2.24, 2.45) is 0 Å². The Morgan fingerprint density at radius 2 is 2.13 bits per heavy atom. The number of fused-ring (bicyclic) bond motifs is 3. The van der Waals surface area contributed by atoms with Crippen molar-refractivity contribution in [2.75, 3.05) is 0 Å². The average Bonchev–Trinajstić information content (AvgIpc) is 2.66. The van der Waals surface area contributed by atoms with Crippen LogP contribution in [0.2, 0.25) is 0 Å². The highest BCUT2D eigenvalue weighted by molar-refractivity contribution is 5.83. The molecule has 3 rings (SSSR count). The third-order valence-electron chi connectivity index (χ3n) is 2.72. The molecule has 0 amide bonds. The van der Waals surface area contributed by atoms with Crippen molar-refractivity contribution in [3.63, 3.8) is 0 Å². The van der Waals surface area contributed by atoms with Crippen molar-refractivity contribution >= 4 is 6.29 Å². The molecule has 0 spiro atoms. The van der Waals surface area contributed by atoms with Crippen LogP contribution >= 0.6 is 0 Å². The Balaban J connectivity index is 2.26. The SMILES string of the molecule is O=Cc1ccc2c(c1)-c1ccnnc1C2. The standard InChI is InChI=1S/C12H8N2O/c15-7-8-1-2-9-6-12-10(11(9)5-8)3-4-13-14-12/h1-5,7H,6H2. The Kier molecular flexibility index (Phi) is 1.65. The summed E-state index contributed by atoms with van der Waals surface area (Å²) in [6.45, 7) is 0. The number of nitrogens with zero attached hydrogens (tertiary/aromatic N) is 2. The molecule has 0 fully saturated rings. The number of carbonyl (C=O) groups is 1. The van der Waals surface area contributed by atoms with Gasteiger partial charge < -0.3 is 0 Å². The van der Waals surface area contributed by atoms with Gasteiger partial charge in [-0.15, -0.1) is 0 Å². The van der Waals surface area contributed by atoms with Gasteiger partial charge in [-0.2, -0.15) is 10.2 Å². The quantitative estimate of drug-likeness (QED) is 0.558. The summed E-state index contributed by atoms with van der Waals surface area (Å²) >= 11 is 0. The van der Waals surface area contributed by atoms with Gasteiger partial charge in [0.15, 0.2) is 0 Å².